The Morgan fingerprint density at radius 1 is 1.21 bits per heavy atom. The van der Waals surface area contributed by atoms with E-state index in [2.05, 4.69) is 33.5 Å². The summed E-state index contributed by atoms with van der Waals surface area (Å²) in [5.74, 6) is -0.633. The van der Waals surface area contributed by atoms with E-state index in [1.165, 1.54) is 5.69 Å². The molecule has 0 saturated carbocycles. The predicted octanol–water partition coefficient (Wildman–Crippen LogP) is 2.08. The number of carbonyl (C=O) groups excluding carboxylic acids is 2. The summed E-state index contributed by atoms with van der Waals surface area (Å²) >= 11 is 0. The molecular weight excluding hydrogens is 360 g/mol. The number of anilines is 1. The minimum Gasteiger partial charge on any atom is -0.481 e. The number of aromatic nitrogens is 2. The molecule has 150 valence electrons. The average Bonchev–Trinajstić information content (AvgIpc) is 3.03. The summed E-state index contributed by atoms with van der Waals surface area (Å²) in [5, 5.41) is 16.5. The van der Waals surface area contributed by atoms with E-state index in [1.807, 2.05) is 17.9 Å². The van der Waals surface area contributed by atoms with Gasteiger partial charge < -0.3 is 10.0 Å². The van der Waals surface area contributed by atoms with E-state index in [-0.39, 0.29) is 11.8 Å². The molecule has 0 spiro atoms. The van der Waals surface area contributed by atoms with E-state index >= 15 is 0 Å². The van der Waals surface area contributed by atoms with Gasteiger partial charge in [-0.25, -0.2) is 0 Å². The monoisotopic (exact) mass is 386 g/mol. The molecule has 2 fully saturated rings. The van der Waals surface area contributed by atoms with Crippen LogP contribution in [0.3, 0.4) is 0 Å². The Bertz CT molecular complexity index is 854. The second kappa shape index (κ2) is 8.86. The van der Waals surface area contributed by atoms with Crippen LogP contribution < -0.4 is 10.2 Å². The number of carboxylic acids is 1. The number of hydrogen-bond donors (Lipinski definition) is 2. The predicted molar refractivity (Wildman–Crippen MR) is 105 cm³/mol. The highest BCUT2D eigenvalue weighted by atomic mass is 16.4. The number of carbonyl (C=O) groups is 3. The van der Waals surface area contributed by atoms with E-state index < -0.39 is 5.97 Å². The standard InChI is InChI=1S/C15H19N3O2.C5H7NO2/c1-17-14-9-13(3-2-12(14)10-16-17)18-6-4-11(5-7-18)8-15(19)20;7-4-2-1-3-5(8)6-4/h2-3,9-11H,4-8H2,1H3,(H,19,20);1-3H2,(H,6,7,8). The molecule has 1 aromatic carbocycles. The van der Waals surface area contributed by atoms with Crippen LogP contribution in [0.2, 0.25) is 0 Å². The molecule has 0 aliphatic carbocycles. The van der Waals surface area contributed by atoms with Gasteiger partial charge in [-0.1, -0.05) is 0 Å². The van der Waals surface area contributed by atoms with Crippen molar-refractivity contribution in [2.45, 2.75) is 38.5 Å². The van der Waals surface area contributed by atoms with Gasteiger partial charge in [0.25, 0.3) is 0 Å². The molecule has 2 aliphatic rings. The fourth-order valence-corrected chi connectivity index (χ4v) is 3.66. The summed E-state index contributed by atoms with van der Waals surface area (Å²) in [4.78, 5) is 33.8. The number of nitrogens with zero attached hydrogens (tertiary/aromatic N) is 3. The zero-order chi connectivity index (χ0) is 20.1. The lowest BCUT2D eigenvalue weighted by molar-refractivity contribution is -0.138. The summed E-state index contributed by atoms with van der Waals surface area (Å²) in [6, 6.07) is 6.39. The topological polar surface area (TPSA) is 105 Å². The molecule has 0 unspecified atom stereocenters. The van der Waals surface area contributed by atoms with Crippen molar-refractivity contribution in [2.75, 3.05) is 18.0 Å². The molecule has 8 nitrogen and oxygen atoms in total. The van der Waals surface area contributed by atoms with E-state index in [0.29, 0.717) is 31.6 Å². The highest BCUT2D eigenvalue weighted by Crippen LogP contribution is 2.27. The van der Waals surface area contributed by atoms with Gasteiger partial charge in [0.05, 0.1) is 11.7 Å². The normalized spacial score (nSPS) is 17.8. The Hall–Kier alpha value is -2.90. The van der Waals surface area contributed by atoms with Gasteiger partial charge in [0.2, 0.25) is 11.8 Å². The van der Waals surface area contributed by atoms with Gasteiger partial charge in [0.15, 0.2) is 0 Å². The van der Waals surface area contributed by atoms with Crippen molar-refractivity contribution in [3.8, 4) is 0 Å². The molecule has 4 rings (SSSR count). The van der Waals surface area contributed by atoms with Crippen molar-refractivity contribution in [2.24, 2.45) is 13.0 Å². The van der Waals surface area contributed by atoms with Crippen molar-refractivity contribution in [1.29, 1.82) is 0 Å². The number of nitrogens with one attached hydrogen (secondary N) is 1. The lowest BCUT2D eigenvalue weighted by atomic mass is 9.93. The molecule has 2 saturated heterocycles. The molecule has 0 radical (unpaired) electrons. The summed E-state index contributed by atoms with van der Waals surface area (Å²) in [7, 11) is 1.95. The van der Waals surface area contributed by atoms with Crippen LogP contribution >= 0.6 is 0 Å². The summed E-state index contributed by atoms with van der Waals surface area (Å²) in [6.45, 7) is 1.86. The highest BCUT2D eigenvalue weighted by Gasteiger charge is 2.21. The van der Waals surface area contributed by atoms with Crippen LogP contribution in [0.15, 0.2) is 24.4 Å². The fraction of sp³-hybridized carbons (Fsp3) is 0.500. The Kier molecular flexibility index (Phi) is 6.28. The Morgan fingerprint density at radius 3 is 2.46 bits per heavy atom. The maximum absolute atomic E-state index is 10.8. The maximum Gasteiger partial charge on any atom is 0.303 e. The molecule has 0 atom stereocenters. The van der Waals surface area contributed by atoms with E-state index in [9.17, 15) is 14.4 Å². The van der Waals surface area contributed by atoms with E-state index in [0.717, 1.165) is 36.8 Å². The highest BCUT2D eigenvalue weighted by molar-refractivity contribution is 5.97. The van der Waals surface area contributed by atoms with E-state index in [1.54, 1.807) is 0 Å². The molecular formula is C20H26N4O4. The van der Waals surface area contributed by atoms with Crippen LogP contribution in [0.1, 0.15) is 38.5 Å². The average molecular weight is 386 g/mol. The third kappa shape index (κ3) is 5.09. The molecule has 2 aliphatic heterocycles. The minimum absolute atomic E-state index is 0.138. The first-order valence-electron chi connectivity index (χ1n) is 9.63. The summed E-state index contributed by atoms with van der Waals surface area (Å²) < 4.78 is 1.88. The van der Waals surface area contributed by atoms with Crippen molar-refractivity contribution in [3.63, 3.8) is 0 Å². The second-order valence-corrected chi connectivity index (χ2v) is 7.36. The number of aliphatic carboxylic acids is 1. The quantitative estimate of drug-likeness (QED) is 0.783. The van der Waals surface area contributed by atoms with Crippen molar-refractivity contribution < 1.29 is 19.5 Å². The van der Waals surface area contributed by atoms with Crippen molar-refractivity contribution >= 4 is 34.4 Å². The van der Waals surface area contributed by atoms with Crippen LogP contribution in [0, 0.1) is 5.92 Å². The maximum atomic E-state index is 10.8. The van der Waals surface area contributed by atoms with Gasteiger partial charge in [-0.05, 0) is 43.4 Å². The van der Waals surface area contributed by atoms with E-state index in [4.69, 9.17) is 5.11 Å². The van der Waals surface area contributed by atoms with Crippen LogP contribution in [0.4, 0.5) is 5.69 Å². The van der Waals surface area contributed by atoms with Crippen LogP contribution in [-0.4, -0.2) is 45.8 Å². The smallest absolute Gasteiger partial charge is 0.303 e. The number of hydrogen-bond acceptors (Lipinski definition) is 5. The number of amides is 2. The van der Waals surface area contributed by atoms with Gasteiger partial charge in [0, 0.05) is 50.5 Å². The molecule has 8 heteroatoms. The number of fused-ring (bicyclic) bond motifs is 1. The number of carboxylic acid groups (broad SMARTS) is 1. The first-order valence-corrected chi connectivity index (χ1v) is 9.63. The van der Waals surface area contributed by atoms with Gasteiger partial charge in [-0.3, -0.25) is 24.4 Å². The lowest BCUT2D eigenvalue weighted by Gasteiger charge is -2.33. The number of rotatable bonds is 3. The molecule has 28 heavy (non-hydrogen) atoms. The first kappa shape index (κ1) is 19.9. The zero-order valence-electron chi connectivity index (χ0n) is 16.1. The zero-order valence-corrected chi connectivity index (χ0v) is 16.1. The molecule has 2 aromatic rings. The van der Waals surface area contributed by atoms with Gasteiger partial charge in [-0.2, -0.15) is 5.10 Å². The van der Waals surface area contributed by atoms with Crippen LogP contribution in [-0.2, 0) is 21.4 Å². The number of aryl methyl sites for hydroxylation is 1. The van der Waals surface area contributed by atoms with Crippen molar-refractivity contribution in [1.82, 2.24) is 15.1 Å². The minimum atomic E-state index is -0.681. The molecule has 2 N–H and O–H groups in total. The summed E-state index contributed by atoms with van der Waals surface area (Å²) in [5.41, 5.74) is 2.34. The molecule has 3 heterocycles. The third-order valence-electron chi connectivity index (χ3n) is 5.26. The number of benzene rings is 1. The fourth-order valence-electron chi connectivity index (χ4n) is 3.66. The van der Waals surface area contributed by atoms with Crippen LogP contribution in [0.25, 0.3) is 10.9 Å². The summed E-state index contributed by atoms with van der Waals surface area (Å²) in [6.07, 6.45) is 5.81. The second-order valence-electron chi connectivity index (χ2n) is 7.36. The lowest BCUT2D eigenvalue weighted by Crippen LogP contribution is -2.34. The molecule has 2 amide bonds. The van der Waals surface area contributed by atoms with Gasteiger partial charge in [0.1, 0.15) is 0 Å². The number of piperidine rings is 2. The third-order valence-corrected chi connectivity index (χ3v) is 5.26. The molecule has 1 aromatic heterocycles. The first-order chi connectivity index (χ1) is 13.4. The SMILES string of the molecule is Cn1ncc2ccc(N3CCC(CC(=O)O)CC3)cc21.O=C1CCCC(=O)N1. The largest absolute Gasteiger partial charge is 0.481 e. The van der Waals surface area contributed by atoms with Crippen LogP contribution in [0.5, 0.6) is 0 Å². The Balaban J connectivity index is 0.000000236. The molecule has 0 bridgehead atoms. The number of imide groups is 1. The van der Waals surface area contributed by atoms with Crippen molar-refractivity contribution in [3.05, 3.63) is 24.4 Å². The van der Waals surface area contributed by atoms with Gasteiger partial charge >= 0.3 is 5.97 Å². The Morgan fingerprint density at radius 2 is 1.89 bits per heavy atom. The van der Waals surface area contributed by atoms with Gasteiger partial charge in [-0.15, -0.1) is 0 Å². The Labute approximate surface area is 163 Å².